The third-order valence-corrected chi connectivity index (χ3v) is 3.52. The van der Waals surface area contributed by atoms with Crippen molar-refractivity contribution >= 4 is 12.4 Å². The monoisotopic (exact) mass is 371 g/mol. The number of hydrogen-bond donors (Lipinski definition) is 2. The summed E-state index contributed by atoms with van der Waals surface area (Å²) in [6, 6.07) is 7.66. The number of ether oxygens (including phenoxy) is 2. The van der Waals surface area contributed by atoms with E-state index in [1.807, 2.05) is 12.1 Å². The van der Waals surface area contributed by atoms with Gasteiger partial charge in [0, 0.05) is 12.6 Å². The lowest BCUT2D eigenvalue weighted by molar-refractivity contribution is 0.101. The molecule has 2 aromatic rings. The van der Waals surface area contributed by atoms with Gasteiger partial charge < -0.3 is 24.4 Å². The van der Waals surface area contributed by atoms with Gasteiger partial charge in [-0.2, -0.15) is 4.98 Å². The van der Waals surface area contributed by atoms with Crippen LogP contribution in [0.5, 0.6) is 11.5 Å². The Morgan fingerprint density at radius 3 is 2.52 bits per heavy atom. The Bertz CT molecular complexity index is 623. The second-order valence-electron chi connectivity index (χ2n) is 5.65. The number of nitrogens with one attached hydrogen (secondary N) is 1. The van der Waals surface area contributed by atoms with Gasteiger partial charge in [-0.15, -0.1) is 12.4 Å². The van der Waals surface area contributed by atoms with E-state index in [4.69, 9.17) is 14.0 Å². The molecule has 0 aliphatic heterocycles. The number of halogens is 1. The van der Waals surface area contributed by atoms with Gasteiger partial charge in [-0.1, -0.05) is 24.2 Å². The highest BCUT2D eigenvalue weighted by molar-refractivity contribution is 5.85. The number of aliphatic hydroxyl groups excluding tert-OH is 1. The molecule has 0 saturated heterocycles. The Morgan fingerprint density at radius 1 is 1.24 bits per heavy atom. The van der Waals surface area contributed by atoms with Crippen LogP contribution in [0, 0.1) is 6.92 Å². The maximum atomic E-state index is 9.99. The van der Waals surface area contributed by atoms with Crippen LogP contribution in [-0.2, 0) is 6.61 Å². The highest BCUT2D eigenvalue weighted by atomic mass is 35.5. The predicted octanol–water partition coefficient (Wildman–Crippen LogP) is 2.51. The molecule has 2 unspecified atom stereocenters. The molecule has 1 heterocycles. The van der Waals surface area contributed by atoms with Crippen LogP contribution in [0.3, 0.4) is 0 Å². The fraction of sp³-hybridized carbons (Fsp3) is 0.529. The maximum absolute atomic E-state index is 9.99. The predicted molar refractivity (Wildman–Crippen MR) is 96.3 cm³/mol. The van der Waals surface area contributed by atoms with Crippen LogP contribution in [-0.4, -0.2) is 40.5 Å². The van der Waals surface area contributed by atoms with Crippen molar-refractivity contribution in [1.82, 2.24) is 15.5 Å². The average Bonchev–Trinajstić information content (AvgIpc) is 3.02. The molecular weight excluding hydrogens is 346 g/mol. The Morgan fingerprint density at radius 2 is 1.92 bits per heavy atom. The van der Waals surface area contributed by atoms with E-state index in [-0.39, 0.29) is 25.6 Å². The van der Waals surface area contributed by atoms with E-state index >= 15 is 0 Å². The molecule has 0 saturated carbocycles. The Labute approximate surface area is 154 Å². The van der Waals surface area contributed by atoms with Gasteiger partial charge in [-0.3, -0.25) is 0 Å². The summed E-state index contributed by atoms with van der Waals surface area (Å²) in [6.07, 6.45) is 0.421. The Kier molecular flexibility index (Phi) is 9.26. The van der Waals surface area contributed by atoms with Gasteiger partial charge in [0.1, 0.15) is 12.7 Å². The van der Waals surface area contributed by atoms with Crippen molar-refractivity contribution in [3.63, 3.8) is 0 Å². The SMILES string of the molecule is CCC(C)NCC(O)COc1ccccc1OCc1nc(C)no1.Cl. The molecule has 0 amide bonds. The summed E-state index contributed by atoms with van der Waals surface area (Å²) in [5, 5.41) is 17.0. The number of nitrogens with zero attached hydrogens (tertiary/aromatic N) is 2. The molecule has 2 rings (SSSR count). The number of aliphatic hydroxyl groups is 1. The average molecular weight is 372 g/mol. The standard InChI is InChI=1S/C17H25N3O4.ClH/c1-4-12(2)18-9-14(21)10-22-15-7-5-6-8-16(15)23-11-17-19-13(3)20-24-17;/h5-8,12,14,18,21H,4,9-11H2,1-3H3;1H. The minimum atomic E-state index is -0.592. The molecule has 1 aromatic heterocycles. The molecule has 8 heteroatoms. The van der Waals surface area contributed by atoms with E-state index in [1.54, 1.807) is 19.1 Å². The van der Waals surface area contributed by atoms with Gasteiger partial charge in [0.15, 0.2) is 23.9 Å². The third-order valence-electron chi connectivity index (χ3n) is 3.52. The van der Waals surface area contributed by atoms with Gasteiger partial charge in [0.2, 0.25) is 0 Å². The zero-order valence-corrected chi connectivity index (χ0v) is 15.6. The highest BCUT2D eigenvalue weighted by Gasteiger charge is 2.11. The summed E-state index contributed by atoms with van der Waals surface area (Å²) >= 11 is 0. The summed E-state index contributed by atoms with van der Waals surface area (Å²) in [6.45, 7) is 6.76. The first kappa shape index (κ1) is 21.2. The van der Waals surface area contributed by atoms with Crippen molar-refractivity contribution in [3.8, 4) is 11.5 Å². The fourth-order valence-corrected chi connectivity index (χ4v) is 1.95. The van der Waals surface area contributed by atoms with Crippen molar-refractivity contribution in [2.24, 2.45) is 0 Å². The molecule has 0 bridgehead atoms. The number of para-hydroxylation sites is 2. The van der Waals surface area contributed by atoms with Crippen LogP contribution in [0.15, 0.2) is 28.8 Å². The second kappa shape index (κ2) is 10.9. The van der Waals surface area contributed by atoms with Crippen LogP contribution >= 0.6 is 12.4 Å². The van der Waals surface area contributed by atoms with Gasteiger partial charge in [-0.25, -0.2) is 0 Å². The number of hydrogen-bond acceptors (Lipinski definition) is 7. The molecule has 0 radical (unpaired) electrons. The van der Waals surface area contributed by atoms with Crippen LogP contribution in [0.25, 0.3) is 0 Å². The Balaban J connectivity index is 0.00000312. The van der Waals surface area contributed by atoms with E-state index in [0.29, 0.717) is 35.8 Å². The molecule has 2 N–H and O–H groups in total. The van der Waals surface area contributed by atoms with Gasteiger partial charge in [0.25, 0.3) is 5.89 Å². The van der Waals surface area contributed by atoms with Crippen LogP contribution < -0.4 is 14.8 Å². The summed E-state index contributed by atoms with van der Waals surface area (Å²) in [7, 11) is 0. The highest BCUT2D eigenvalue weighted by Crippen LogP contribution is 2.27. The van der Waals surface area contributed by atoms with E-state index in [0.717, 1.165) is 6.42 Å². The van der Waals surface area contributed by atoms with Gasteiger partial charge in [-0.05, 0) is 32.4 Å². The number of aryl methyl sites for hydroxylation is 1. The molecule has 0 fully saturated rings. The summed E-state index contributed by atoms with van der Waals surface area (Å²) in [4.78, 5) is 4.09. The van der Waals surface area contributed by atoms with E-state index < -0.39 is 6.10 Å². The number of aromatic nitrogens is 2. The van der Waals surface area contributed by atoms with Crippen LogP contribution in [0.1, 0.15) is 32.0 Å². The molecule has 1 aromatic carbocycles. The third kappa shape index (κ3) is 7.29. The molecule has 25 heavy (non-hydrogen) atoms. The van der Waals surface area contributed by atoms with E-state index in [1.165, 1.54) is 0 Å². The van der Waals surface area contributed by atoms with Crippen molar-refractivity contribution in [3.05, 3.63) is 36.0 Å². The Hall–Kier alpha value is -1.83. The fourth-order valence-electron chi connectivity index (χ4n) is 1.95. The lowest BCUT2D eigenvalue weighted by Gasteiger charge is -2.17. The topological polar surface area (TPSA) is 89.6 Å². The molecular formula is C17H26ClN3O4. The quantitative estimate of drug-likeness (QED) is 0.663. The van der Waals surface area contributed by atoms with Crippen molar-refractivity contribution < 1.29 is 19.1 Å². The van der Waals surface area contributed by atoms with Crippen LogP contribution in [0.2, 0.25) is 0 Å². The normalized spacial score (nSPS) is 13.0. The minimum absolute atomic E-state index is 0. The summed E-state index contributed by atoms with van der Waals surface area (Å²) < 4.78 is 16.4. The van der Waals surface area contributed by atoms with Gasteiger partial charge >= 0.3 is 0 Å². The largest absolute Gasteiger partial charge is 0.487 e. The first-order valence-electron chi connectivity index (χ1n) is 8.13. The molecule has 0 aliphatic carbocycles. The van der Waals surface area contributed by atoms with Gasteiger partial charge in [0.05, 0.1) is 0 Å². The lowest BCUT2D eigenvalue weighted by atomic mass is 10.2. The van der Waals surface area contributed by atoms with E-state index in [9.17, 15) is 5.11 Å². The molecule has 2 atom stereocenters. The molecule has 140 valence electrons. The number of benzene rings is 1. The van der Waals surface area contributed by atoms with Crippen molar-refractivity contribution in [1.29, 1.82) is 0 Å². The molecule has 0 aliphatic rings. The first-order valence-corrected chi connectivity index (χ1v) is 8.13. The minimum Gasteiger partial charge on any atom is -0.487 e. The number of rotatable bonds is 10. The zero-order chi connectivity index (χ0) is 17.4. The first-order chi connectivity index (χ1) is 11.6. The second-order valence-corrected chi connectivity index (χ2v) is 5.65. The van der Waals surface area contributed by atoms with E-state index in [2.05, 4.69) is 29.3 Å². The maximum Gasteiger partial charge on any atom is 0.264 e. The van der Waals surface area contributed by atoms with Crippen molar-refractivity contribution in [2.45, 2.75) is 45.9 Å². The molecule has 0 spiro atoms. The smallest absolute Gasteiger partial charge is 0.264 e. The van der Waals surface area contributed by atoms with Crippen LogP contribution in [0.4, 0.5) is 0 Å². The van der Waals surface area contributed by atoms with Crippen molar-refractivity contribution in [2.75, 3.05) is 13.2 Å². The lowest BCUT2D eigenvalue weighted by Crippen LogP contribution is -2.36. The summed E-state index contributed by atoms with van der Waals surface area (Å²) in [5.41, 5.74) is 0. The zero-order valence-electron chi connectivity index (χ0n) is 14.8. The summed E-state index contributed by atoms with van der Waals surface area (Å²) in [5.74, 6) is 2.10. The molecule has 7 nitrogen and oxygen atoms in total.